The summed E-state index contributed by atoms with van der Waals surface area (Å²) in [6, 6.07) is 6.92. The van der Waals surface area contributed by atoms with Crippen LogP contribution in [0.3, 0.4) is 0 Å². The lowest BCUT2D eigenvalue weighted by atomic mass is 10.2. The molecule has 0 saturated heterocycles. The number of halogens is 3. The topological polar surface area (TPSA) is 42.0 Å². The molecular weight excluding hydrogens is 290 g/mol. The van der Waals surface area contributed by atoms with E-state index in [0.29, 0.717) is 11.4 Å². The molecule has 0 aliphatic heterocycles. The predicted molar refractivity (Wildman–Crippen MR) is 73.3 cm³/mol. The number of nitrogens with zero attached hydrogens (tertiary/aromatic N) is 1. The van der Waals surface area contributed by atoms with Gasteiger partial charge in [-0.3, -0.25) is 4.79 Å². The summed E-state index contributed by atoms with van der Waals surface area (Å²) in [5.41, 5.74) is 1.16. The van der Waals surface area contributed by atoms with E-state index in [-0.39, 0.29) is 21.6 Å². The highest BCUT2D eigenvalue weighted by Gasteiger charge is 2.16. The predicted octanol–water partition coefficient (Wildman–Crippen LogP) is 4.09. The minimum Gasteiger partial charge on any atom is -0.322 e. The largest absolute Gasteiger partial charge is 0.322 e. The van der Waals surface area contributed by atoms with E-state index in [9.17, 15) is 9.18 Å². The first-order valence-electron chi connectivity index (χ1n) is 5.37. The highest BCUT2D eigenvalue weighted by atomic mass is 35.5. The molecule has 0 saturated carbocycles. The van der Waals surface area contributed by atoms with Crippen LogP contribution in [-0.2, 0) is 0 Å². The minimum atomic E-state index is -0.492. The zero-order chi connectivity index (χ0) is 14.0. The van der Waals surface area contributed by atoms with Gasteiger partial charge < -0.3 is 5.32 Å². The molecule has 1 amide bonds. The molecule has 2 rings (SSSR count). The number of benzene rings is 1. The molecule has 0 bridgehead atoms. The number of rotatable bonds is 2. The van der Waals surface area contributed by atoms with Crippen LogP contribution in [0, 0.1) is 12.7 Å². The van der Waals surface area contributed by atoms with E-state index in [0.717, 1.165) is 0 Å². The van der Waals surface area contributed by atoms with Gasteiger partial charge in [0.2, 0.25) is 0 Å². The number of hydrogen-bond acceptors (Lipinski definition) is 2. The maximum Gasteiger partial charge on any atom is 0.260 e. The van der Waals surface area contributed by atoms with Crippen molar-refractivity contribution in [1.29, 1.82) is 0 Å². The van der Waals surface area contributed by atoms with Gasteiger partial charge >= 0.3 is 0 Å². The number of anilines is 1. The van der Waals surface area contributed by atoms with Crippen molar-refractivity contribution in [3.8, 4) is 0 Å². The summed E-state index contributed by atoms with van der Waals surface area (Å²) in [6.07, 6.45) is 0. The molecule has 1 aromatic heterocycles. The molecule has 1 aromatic carbocycles. The number of amides is 1. The molecule has 0 radical (unpaired) electrons. The van der Waals surface area contributed by atoms with Crippen molar-refractivity contribution in [2.45, 2.75) is 6.92 Å². The summed E-state index contributed by atoms with van der Waals surface area (Å²) in [7, 11) is 0. The van der Waals surface area contributed by atoms with E-state index in [1.807, 2.05) is 0 Å². The molecule has 3 nitrogen and oxygen atoms in total. The lowest BCUT2D eigenvalue weighted by Gasteiger charge is -2.08. The quantitative estimate of drug-likeness (QED) is 0.849. The number of hydrogen-bond donors (Lipinski definition) is 1. The van der Waals surface area contributed by atoms with Gasteiger partial charge in [-0.15, -0.1) is 0 Å². The highest BCUT2D eigenvalue weighted by molar-refractivity contribution is 6.39. The third-order valence-electron chi connectivity index (χ3n) is 2.38. The van der Waals surface area contributed by atoms with Crippen molar-refractivity contribution in [1.82, 2.24) is 4.98 Å². The fraction of sp³-hybridized carbons (Fsp3) is 0.0769. The molecule has 98 valence electrons. The van der Waals surface area contributed by atoms with Gasteiger partial charge in [-0.05, 0) is 37.3 Å². The maximum absolute atomic E-state index is 12.8. The van der Waals surface area contributed by atoms with Crippen molar-refractivity contribution in [2.75, 3.05) is 5.32 Å². The Kier molecular flexibility index (Phi) is 4.02. The fourth-order valence-electron chi connectivity index (χ4n) is 1.53. The standard InChI is InChI=1S/C13H9Cl2FN2O/c1-7-6-10(14)11(12(15)17-7)13(19)18-9-4-2-8(16)3-5-9/h2-6H,1H3,(H,18,19). The lowest BCUT2D eigenvalue weighted by molar-refractivity contribution is 0.102. The van der Waals surface area contributed by atoms with Crippen LogP contribution in [0.2, 0.25) is 10.2 Å². The van der Waals surface area contributed by atoms with Crippen LogP contribution < -0.4 is 5.32 Å². The van der Waals surface area contributed by atoms with Gasteiger partial charge in [0.05, 0.1) is 10.6 Å². The molecule has 6 heteroatoms. The minimum absolute atomic E-state index is 0.0320. The van der Waals surface area contributed by atoms with Crippen molar-refractivity contribution in [3.05, 3.63) is 57.6 Å². The van der Waals surface area contributed by atoms with Crippen LogP contribution in [0.5, 0.6) is 0 Å². The second-order valence-corrected chi connectivity index (χ2v) is 4.64. The SMILES string of the molecule is Cc1cc(Cl)c(C(=O)Nc2ccc(F)cc2)c(Cl)n1. The number of carbonyl (C=O) groups is 1. The molecular formula is C13H9Cl2FN2O. The third-order valence-corrected chi connectivity index (χ3v) is 2.96. The van der Waals surface area contributed by atoms with E-state index in [1.165, 1.54) is 24.3 Å². The Morgan fingerprint density at radius 3 is 2.47 bits per heavy atom. The van der Waals surface area contributed by atoms with Crippen LogP contribution >= 0.6 is 23.2 Å². The number of nitrogens with one attached hydrogen (secondary N) is 1. The van der Waals surface area contributed by atoms with Gasteiger partial charge in [0.15, 0.2) is 0 Å². The van der Waals surface area contributed by atoms with Gasteiger partial charge in [-0.25, -0.2) is 9.37 Å². The molecule has 19 heavy (non-hydrogen) atoms. The first kappa shape index (κ1) is 13.8. The first-order valence-corrected chi connectivity index (χ1v) is 6.12. The second-order valence-electron chi connectivity index (χ2n) is 3.87. The molecule has 0 aliphatic rings. The molecule has 0 unspecified atom stereocenters. The van der Waals surface area contributed by atoms with Crippen molar-refractivity contribution < 1.29 is 9.18 Å². The molecule has 0 fully saturated rings. The monoisotopic (exact) mass is 298 g/mol. The summed E-state index contributed by atoms with van der Waals surface area (Å²) < 4.78 is 12.8. The lowest BCUT2D eigenvalue weighted by Crippen LogP contribution is -2.14. The number of aryl methyl sites for hydroxylation is 1. The number of pyridine rings is 1. The van der Waals surface area contributed by atoms with Gasteiger partial charge in [0.25, 0.3) is 5.91 Å². The molecule has 1 heterocycles. The molecule has 2 aromatic rings. The van der Waals surface area contributed by atoms with E-state index in [2.05, 4.69) is 10.3 Å². The molecule has 0 spiro atoms. The van der Waals surface area contributed by atoms with Gasteiger partial charge in [-0.2, -0.15) is 0 Å². The van der Waals surface area contributed by atoms with E-state index in [1.54, 1.807) is 13.0 Å². The van der Waals surface area contributed by atoms with Gasteiger partial charge in [-0.1, -0.05) is 23.2 Å². The van der Waals surface area contributed by atoms with Crippen molar-refractivity contribution in [3.63, 3.8) is 0 Å². The van der Waals surface area contributed by atoms with Crippen LogP contribution in [0.25, 0.3) is 0 Å². The average Bonchev–Trinajstić information content (AvgIpc) is 2.30. The van der Waals surface area contributed by atoms with E-state index in [4.69, 9.17) is 23.2 Å². The fourth-order valence-corrected chi connectivity index (χ4v) is 2.23. The Bertz CT molecular complexity index is 606. The third kappa shape index (κ3) is 3.22. The van der Waals surface area contributed by atoms with Crippen molar-refractivity contribution >= 4 is 34.8 Å². The summed E-state index contributed by atoms with van der Waals surface area (Å²) in [4.78, 5) is 16.0. The summed E-state index contributed by atoms with van der Waals surface area (Å²) in [5, 5.41) is 2.82. The Morgan fingerprint density at radius 2 is 1.89 bits per heavy atom. The zero-order valence-corrected chi connectivity index (χ0v) is 11.4. The number of aromatic nitrogens is 1. The second kappa shape index (κ2) is 5.55. The van der Waals surface area contributed by atoms with E-state index >= 15 is 0 Å². The molecule has 0 aliphatic carbocycles. The van der Waals surface area contributed by atoms with Gasteiger partial charge in [0, 0.05) is 11.4 Å². The highest BCUT2D eigenvalue weighted by Crippen LogP contribution is 2.24. The molecule has 0 atom stereocenters. The van der Waals surface area contributed by atoms with Crippen LogP contribution in [0.1, 0.15) is 16.1 Å². The Hall–Kier alpha value is -1.65. The van der Waals surface area contributed by atoms with E-state index < -0.39 is 5.91 Å². The normalized spacial score (nSPS) is 10.3. The van der Waals surface area contributed by atoms with Crippen LogP contribution in [0.15, 0.2) is 30.3 Å². The average molecular weight is 299 g/mol. The van der Waals surface area contributed by atoms with Gasteiger partial charge in [0.1, 0.15) is 11.0 Å². The van der Waals surface area contributed by atoms with Crippen LogP contribution in [0.4, 0.5) is 10.1 Å². The Labute approximate surface area is 119 Å². The maximum atomic E-state index is 12.8. The van der Waals surface area contributed by atoms with Crippen LogP contribution in [-0.4, -0.2) is 10.9 Å². The Morgan fingerprint density at radius 1 is 1.26 bits per heavy atom. The molecule has 1 N–H and O–H groups in total. The summed E-state index contributed by atoms with van der Waals surface area (Å²) in [6.45, 7) is 1.72. The Balaban J connectivity index is 2.28. The smallest absolute Gasteiger partial charge is 0.260 e. The summed E-state index contributed by atoms with van der Waals surface area (Å²) in [5.74, 6) is -0.875. The zero-order valence-electron chi connectivity index (χ0n) is 9.88. The van der Waals surface area contributed by atoms with Crippen molar-refractivity contribution in [2.24, 2.45) is 0 Å². The number of carbonyl (C=O) groups excluding carboxylic acids is 1. The summed E-state index contributed by atoms with van der Waals surface area (Å²) >= 11 is 11.9. The first-order chi connectivity index (χ1) is 8.97.